The number of aliphatic hydroxyl groups is 1. The summed E-state index contributed by atoms with van der Waals surface area (Å²) in [5.41, 5.74) is 0.917. The summed E-state index contributed by atoms with van der Waals surface area (Å²) < 4.78 is 5.64. The number of hydrogen-bond donors (Lipinski definition) is 1. The fourth-order valence-electron chi connectivity index (χ4n) is 3.18. The Labute approximate surface area is 170 Å². The van der Waals surface area contributed by atoms with E-state index in [0.717, 1.165) is 5.01 Å². The molecule has 0 bridgehead atoms. The van der Waals surface area contributed by atoms with Gasteiger partial charge in [0.25, 0.3) is 5.91 Å². The van der Waals surface area contributed by atoms with Gasteiger partial charge < -0.3 is 9.84 Å². The van der Waals surface area contributed by atoms with E-state index in [2.05, 4.69) is 25.9 Å². The maximum absolute atomic E-state index is 12.8. The van der Waals surface area contributed by atoms with Crippen molar-refractivity contribution in [2.24, 2.45) is 5.10 Å². The van der Waals surface area contributed by atoms with Crippen molar-refractivity contribution in [1.29, 1.82) is 0 Å². The maximum atomic E-state index is 12.8. The van der Waals surface area contributed by atoms with Crippen LogP contribution in [0.25, 0.3) is 0 Å². The Kier molecular flexibility index (Phi) is 5.50. The van der Waals surface area contributed by atoms with Gasteiger partial charge in [-0.3, -0.25) is 4.79 Å². The van der Waals surface area contributed by atoms with Crippen molar-refractivity contribution in [2.45, 2.75) is 45.3 Å². The molecule has 28 heavy (non-hydrogen) atoms. The average molecular weight is 401 g/mol. The summed E-state index contributed by atoms with van der Waals surface area (Å²) in [4.78, 5) is 12.8. The Bertz CT molecular complexity index is 885. The van der Waals surface area contributed by atoms with Crippen molar-refractivity contribution in [3.63, 3.8) is 0 Å². The predicted octanol–water partition coefficient (Wildman–Crippen LogP) is 4.47. The molecule has 3 rings (SSSR count). The van der Waals surface area contributed by atoms with E-state index in [0.29, 0.717) is 22.0 Å². The summed E-state index contributed by atoms with van der Waals surface area (Å²) in [5.74, 6) is 0.172. The van der Waals surface area contributed by atoms with Gasteiger partial charge in [0.05, 0.1) is 0 Å². The van der Waals surface area contributed by atoms with Crippen LogP contribution in [0.5, 0.6) is 5.75 Å². The van der Waals surface area contributed by atoms with Gasteiger partial charge in [-0.1, -0.05) is 56.6 Å². The highest BCUT2D eigenvalue weighted by Gasteiger charge is 2.44. The third-order valence-electron chi connectivity index (χ3n) is 4.75. The summed E-state index contributed by atoms with van der Waals surface area (Å²) in [6.07, 6.45) is 0.237. The zero-order valence-corrected chi connectivity index (χ0v) is 17.3. The zero-order valence-electron chi connectivity index (χ0n) is 16.6. The molecule has 1 aliphatic rings. The standard InChI is InChI=1S/C22H25ClN2O3/c1-15-13-22(27,17-5-9-18(23)10-6-17)25(24-15)20(26)14-28-19-11-7-16(8-12-19)21(2,3)4/h5-12,27H,13-14H2,1-4H3/t22-/m1/s1. The Hall–Kier alpha value is -2.37. The molecule has 0 saturated heterocycles. The van der Waals surface area contributed by atoms with Crippen LogP contribution < -0.4 is 4.74 Å². The molecule has 1 aliphatic heterocycles. The van der Waals surface area contributed by atoms with Crippen LogP contribution in [0.4, 0.5) is 0 Å². The van der Waals surface area contributed by atoms with Crippen LogP contribution in [0.3, 0.4) is 0 Å². The van der Waals surface area contributed by atoms with Gasteiger partial charge >= 0.3 is 0 Å². The number of halogens is 1. The number of hydrazone groups is 1. The lowest BCUT2D eigenvalue weighted by atomic mass is 9.87. The SMILES string of the molecule is CC1=NN(C(=O)COc2ccc(C(C)(C)C)cc2)[C@](O)(c2ccc(Cl)cc2)C1. The van der Waals surface area contributed by atoms with Crippen LogP contribution in [0, 0.1) is 0 Å². The quantitative estimate of drug-likeness (QED) is 0.823. The van der Waals surface area contributed by atoms with Gasteiger partial charge in [0.1, 0.15) is 5.75 Å². The van der Waals surface area contributed by atoms with E-state index in [1.807, 2.05) is 24.3 Å². The van der Waals surface area contributed by atoms with E-state index in [1.54, 1.807) is 31.2 Å². The van der Waals surface area contributed by atoms with Crippen molar-refractivity contribution in [2.75, 3.05) is 6.61 Å². The lowest BCUT2D eigenvalue weighted by molar-refractivity contribution is -0.159. The summed E-state index contributed by atoms with van der Waals surface area (Å²) in [6.45, 7) is 7.97. The van der Waals surface area contributed by atoms with Crippen LogP contribution in [0.2, 0.25) is 5.02 Å². The smallest absolute Gasteiger partial charge is 0.283 e. The van der Waals surface area contributed by atoms with E-state index < -0.39 is 11.6 Å². The number of rotatable bonds is 4. The molecule has 1 amide bonds. The Morgan fingerprint density at radius 1 is 1.18 bits per heavy atom. The molecule has 148 valence electrons. The first-order chi connectivity index (χ1) is 13.1. The molecule has 0 fully saturated rings. The fourth-order valence-corrected chi connectivity index (χ4v) is 3.31. The van der Waals surface area contributed by atoms with E-state index in [1.165, 1.54) is 5.56 Å². The van der Waals surface area contributed by atoms with Crippen molar-refractivity contribution < 1.29 is 14.6 Å². The number of hydrogen-bond acceptors (Lipinski definition) is 4. The largest absolute Gasteiger partial charge is 0.484 e. The molecule has 0 unspecified atom stereocenters. The van der Waals surface area contributed by atoms with Gasteiger partial charge in [0, 0.05) is 22.7 Å². The number of nitrogens with zero attached hydrogens (tertiary/aromatic N) is 2. The van der Waals surface area contributed by atoms with Gasteiger partial charge in [-0.05, 0) is 42.2 Å². The summed E-state index contributed by atoms with van der Waals surface area (Å²) in [5, 5.41) is 17.1. The molecule has 6 heteroatoms. The molecule has 1 N–H and O–H groups in total. The minimum absolute atomic E-state index is 0.0468. The second kappa shape index (κ2) is 7.57. The predicted molar refractivity (Wildman–Crippen MR) is 111 cm³/mol. The van der Waals surface area contributed by atoms with E-state index in [-0.39, 0.29) is 18.4 Å². The summed E-state index contributed by atoms with van der Waals surface area (Å²) in [7, 11) is 0. The van der Waals surface area contributed by atoms with E-state index in [9.17, 15) is 9.90 Å². The maximum Gasteiger partial charge on any atom is 0.283 e. The summed E-state index contributed by atoms with van der Waals surface area (Å²) >= 11 is 5.94. The minimum atomic E-state index is -1.54. The monoisotopic (exact) mass is 400 g/mol. The lowest BCUT2D eigenvalue weighted by Crippen LogP contribution is -2.45. The second-order valence-electron chi connectivity index (χ2n) is 8.10. The second-order valence-corrected chi connectivity index (χ2v) is 8.54. The fraction of sp³-hybridized carbons (Fsp3) is 0.364. The molecule has 0 spiro atoms. The first-order valence-electron chi connectivity index (χ1n) is 9.18. The summed E-state index contributed by atoms with van der Waals surface area (Å²) in [6, 6.07) is 14.4. The van der Waals surface area contributed by atoms with Crippen LogP contribution in [0.1, 0.15) is 45.2 Å². The molecule has 0 radical (unpaired) electrons. The van der Waals surface area contributed by atoms with Crippen LogP contribution >= 0.6 is 11.6 Å². The lowest BCUT2D eigenvalue weighted by Gasteiger charge is -2.31. The van der Waals surface area contributed by atoms with Gasteiger partial charge in [-0.15, -0.1) is 0 Å². The molecule has 0 aromatic heterocycles. The van der Waals surface area contributed by atoms with Crippen molar-refractivity contribution >= 4 is 23.2 Å². The third-order valence-corrected chi connectivity index (χ3v) is 5.00. The van der Waals surface area contributed by atoms with Crippen molar-refractivity contribution in [1.82, 2.24) is 5.01 Å². The Morgan fingerprint density at radius 3 is 2.36 bits per heavy atom. The molecule has 0 saturated carbocycles. The average Bonchev–Trinajstić information content (AvgIpc) is 2.95. The molecular weight excluding hydrogens is 376 g/mol. The number of carbonyl (C=O) groups is 1. The van der Waals surface area contributed by atoms with Gasteiger partial charge in [0.2, 0.25) is 0 Å². The first-order valence-corrected chi connectivity index (χ1v) is 9.56. The van der Waals surface area contributed by atoms with Crippen LogP contribution in [-0.4, -0.2) is 28.3 Å². The van der Waals surface area contributed by atoms with Gasteiger partial charge in [-0.2, -0.15) is 10.1 Å². The van der Waals surface area contributed by atoms with Crippen LogP contribution in [0.15, 0.2) is 53.6 Å². The highest BCUT2D eigenvalue weighted by Crippen LogP contribution is 2.36. The van der Waals surface area contributed by atoms with Gasteiger partial charge in [-0.25, -0.2) is 0 Å². The molecule has 2 aromatic rings. The highest BCUT2D eigenvalue weighted by molar-refractivity contribution is 6.30. The molecule has 5 nitrogen and oxygen atoms in total. The Balaban J connectivity index is 1.72. The molecule has 2 aromatic carbocycles. The van der Waals surface area contributed by atoms with Crippen molar-refractivity contribution in [3.8, 4) is 5.75 Å². The number of amides is 1. The zero-order chi connectivity index (χ0) is 20.5. The third kappa shape index (κ3) is 4.21. The van der Waals surface area contributed by atoms with Gasteiger partial charge in [0.15, 0.2) is 12.3 Å². The molecule has 1 heterocycles. The Morgan fingerprint density at radius 2 is 1.79 bits per heavy atom. The highest BCUT2D eigenvalue weighted by atomic mass is 35.5. The first kappa shape index (κ1) is 20.4. The van der Waals surface area contributed by atoms with E-state index in [4.69, 9.17) is 16.3 Å². The van der Waals surface area contributed by atoms with E-state index >= 15 is 0 Å². The number of benzene rings is 2. The molecular formula is C22H25ClN2O3. The number of carbonyl (C=O) groups excluding carboxylic acids is 1. The van der Waals surface area contributed by atoms with Crippen molar-refractivity contribution in [3.05, 3.63) is 64.7 Å². The molecule has 0 aliphatic carbocycles. The number of ether oxygens (including phenoxy) is 1. The molecule has 1 atom stereocenters. The van der Waals surface area contributed by atoms with Crippen LogP contribution in [-0.2, 0) is 15.9 Å². The topological polar surface area (TPSA) is 62.1 Å². The minimum Gasteiger partial charge on any atom is -0.484 e. The normalized spacial score (nSPS) is 19.5.